The van der Waals surface area contributed by atoms with Crippen molar-refractivity contribution in [1.29, 1.82) is 0 Å². The number of fused-ring (bicyclic) bond motifs is 1. The molecule has 27 heavy (non-hydrogen) atoms. The number of hydrazine groups is 1. The topological polar surface area (TPSA) is 75.2 Å². The number of aryl methyl sites for hydroxylation is 1. The van der Waals surface area contributed by atoms with Crippen molar-refractivity contribution in [3.8, 4) is 0 Å². The Morgan fingerprint density at radius 2 is 1.70 bits per heavy atom. The average Bonchev–Trinajstić information content (AvgIpc) is 3.05. The van der Waals surface area contributed by atoms with E-state index in [0.717, 1.165) is 22.0 Å². The van der Waals surface area contributed by atoms with Crippen LogP contribution in [-0.4, -0.2) is 21.5 Å². The highest BCUT2D eigenvalue weighted by atomic mass is 32.1. The first-order valence-corrected chi connectivity index (χ1v) is 8.91. The van der Waals surface area contributed by atoms with Gasteiger partial charge in [0.25, 0.3) is 5.91 Å². The Hall–Kier alpha value is -3.19. The first-order chi connectivity index (χ1) is 13.0. The molecule has 2 aromatic carbocycles. The molecule has 0 saturated heterocycles. The third kappa shape index (κ3) is 4.92. The van der Waals surface area contributed by atoms with Crippen molar-refractivity contribution in [2.75, 3.05) is 0 Å². The van der Waals surface area contributed by atoms with E-state index < -0.39 is 0 Å². The normalized spacial score (nSPS) is 10.4. The van der Waals surface area contributed by atoms with E-state index in [-0.39, 0.29) is 29.9 Å². The number of hydrogen-bond acceptors (Lipinski definition) is 3. The van der Waals surface area contributed by atoms with Gasteiger partial charge in [0.2, 0.25) is 5.91 Å². The Bertz CT molecular complexity index is 996. The molecule has 7 heteroatoms. The van der Waals surface area contributed by atoms with E-state index in [1.165, 1.54) is 0 Å². The summed E-state index contributed by atoms with van der Waals surface area (Å²) < 4.78 is 1.84. The second-order valence-electron chi connectivity index (χ2n) is 6.16. The predicted molar refractivity (Wildman–Crippen MR) is 109 cm³/mol. The molecule has 0 spiro atoms. The van der Waals surface area contributed by atoms with E-state index in [2.05, 4.69) is 16.2 Å². The summed E-state index contributed by atoms with van der Waals surface area (Å²) in [6.45, 7) is 2.09. The van der Waals surface area contributed by atoms with Crippen LogP contribution in [0.1, 0.15) is 11.1 Å². The third-order valence-electron chi connectivity index (χ3n) is 4.17. The van der Waals surface area contributed by atoms with Crippen LogP contribution in [0.2, 0.25) is 0 Å². The maximum Gasteiger partial charge on any atom is 0.258 e. The second-order valence-corrected chi connectivity index (χ2v) is 6.56. The molecule has 0 aliphatic carbocycles. The Kier molecular flexibility index (Phi) is 5.83. The third-order valence-corrected chi connectivity index (χ3v) is 4.38. The first-order valence-electron chi connectivity index (χ1n) is 8.50. The highest BCUT2D eigenvalue weighted by Gasteiger charge is 2.09. The van der Waals surface area contributed by atoms with E-state index in [0.29, 0.717) is 0 Å². The minimum Gasteiger partial charge on any atom is -0.338 e. The summed E-state index contributed by atoms with van der Waals surface area (Å²) in [6.07, 6.45) is 2.07. The Morgan fingerprint density at radius 1 is 0.963 bits per heavy atom. The monoisotopic (exact) mass is 380 g/mol. The van der Waals surface area contributed by atoms with Gasteiger partial charge in [0.1, 0.15) is 6.54 Å². The van der Waals surface area contributed by atoms with Crippen LogP contribution in [-0.2, 0) is 22.6 Å². The van der Waals surface area contributed by atoms with Gasteiger partial charge >= 0.3 is 0 Å². The fourth-order valence-corrected chi connectivity index (χ4v) is 2.95. The number of nitrogens with zero attached hydrogens (tertiary/aromatic N) is 1. The maximum atomic E-state index is 12.1. The standard InChI is InChI=1S/C20H20N4O2S/c1-14-6-2-3-8-16(14)12-18(25)21-20(27)23-22-19(26)13-24-11-10-15-7-4-5-9-17(15)24/h2-11H,12-13H2,1H3,(H,22,26)(H2,21,23,25,27). The van der Waals surface area contributed by atoms with Gasteiger partial charge in [-0.3, -0.25) is 20.4 Å². The number of para-hydroxylation sites is 1. The van der Waals surface area contributed by atoms with E-state index in [1.807, 2.05) is 72.3 Å². The van der Waals surface area contributed by atoms with E-state index >= 15 is 0 Å². The van der Waals surface area contributed by atoms with Crippen LogP contribution >= 0.6 is 12.2 Å². The molecule has 1 aromatic heterocycles. The van der Waals surface area contributed by atoms with Gasteiger partial charge in [0.05, 0.1) is 6.42 Å². The van der Waals surface area contributed by atoms with E-state index in [9.17, 15) is 9.59 Å². The van der Waals surface area contributed by atoms with Crippen molar-refractivity contribution < 1.29 is 9.59 Å². The molecule has 3 aromatic rings. The summed E-state index contributed by atoms with van der Waals surface area (Å²) in [7, 11) is 0. The highest BCUT2D eigenvalue weighted by Crippen LogP contribution is 2.14. The van der Waals surface area contributed by atoms with Gasteiger partial charge in [-0.25, -0.2) is 0 Å². The van der Waals surface area contributed by atoms with E-state index in [1.54, 1.807) is 0 Å². The number of amides is 2. The Labute approximate surface area is 162 Å². The lowest BCUT2D eigenvalue weighted by atomic mass is 10.1. The number of nitrogens with one attached hydrogen (secondary N) is 3. The predicted octanol–water partition coefficient (Wildman–Crippen LogP) is 2.21. The zero-order valence-corrected chi connectivity index (χ0v) is 15.7. The lowest BCUT2D eigenvalue weighted by Crippen LogP contribution is -2.49. The van der Waals surface area contributed by atoms with Crippen LogP contribution in [0, 0.1) is 6.92 Å². The summed E-state index contributed by atoms with van der Waals surface area (Å²) in [5.41, 5.74) is 8.01. The molecule has 3 N–H and O–H groups in total. The van der Waals surface area contributed by atoms with E-state index in [4.69, 9.17) is 12.2 Å². The molecule has 0 atom stereocenters. The molecule has 0 aliphatic heterocycles. The molecule has 6 nitrogen and oxygen atoms in total. The lowest BCUT2D eigenvalue weighted by Gasteiger charge is -2.12. The summed E-state index contributed by atoms with van der Waals surface area (Å²) in [5.74, 6) is -0.515. The Morgan fingerprint density at radius 3 is 2.52 bits per heavy atom. The number of carbonyl (C=O) groups excluding carboxylic acids is 2. The fourth-order valence-electron chi connectivity index (χ4n) is 2.78. The van der Waals surface area contributed by atoms with Gasteiger partial charge in [-0.2, -0.15) is 0 Å². The zero-order valence-electron chi connectivity index (χ0n) is 14.9. The molecule has 0 unspecified atom stereocenters. The number of aromatic nitrogens is 1. The van der Waals surface area contributed by atoms with Crippen LogP contribution in [0.15, 0.2) is 60.8 Å². The molecular weight excluding hydrogens is 360 g/mol. The zero-order chi connectivity index (χ0) is 19.2. The number of carbonyl (C=O) groups is 2. The molecule has 0 saturated carbocycles. The van der Waals surface area contributed by atoms with Crippen LogP contribution in [0.4, 0.5) is 0 Å². The number of rotatable bonds is 4. The van der Waals surface area contributed by atoms with Crippen molar-refractivity contribution in [2.24, 2.45) is 0 Å². The summed E-state index contributed by atoms with van der Waals surface area (Å²) in [4.78, 5) is 24.2. The number of hydrogen-bond donors (Lipinski definition) is 3. The van der Waals surface area contributed by atoms with Gasteiger partial charge in [-0.15, -0.1) is 0 Å². The fraction of sp³-hybridized carbons (Fsp3) is 0.150. The van der Waals surface area contributed by atoms with Crippen LogP contribution in [0.3, 0.4) is 0 Å². The van der Waals surface area contributed by atoms with Crippen LogP contribution in [0.5, 0.6) is 0 Å². The first kappa shape index (κ1) is 18.6. The van der Waals surface area contributed by atoms with Crippen LogP contribution in [0.25, 0.3) is 10.9 Å². The van der Waals surface area contributed by atoms with Gasteiger partial charge in [-0.1, -0.05) is 42.5 Å². The lowest BCUT2D eigenvalue weighted by molar-refractivity contribution is -0.122. The molecule has 0 aliphatic rings. The summed E-state index contributed by atoms with van der Waals surface area (Å²) in [5, 5.41) is 3.68. The second kappa shape index (κ2) is 8.46. The maximum absolute atomic E-state index is 12.1. The summed E-state index contributed by atoms with van der Waals surface area (Å²) in [6, 6.07) is 17.4. The van der Waals surface area contributed by atoms with Gasteiger partial charge < -0.3 is 9.88 Å². The largest absolute Gasteiger partial charge is 0.338 e. The molecule has 0 radical (unpaired) electrons. The quantitative estimate of drug-likeness (QED) is 0.479. The van der Waals surface area contributed by atoms with Gasteiger partial charge in [-0.05, 0) is 47.8 Å². The minimum atomic E-state index is -0.271. The van der Waals surface area contributed by atoms with Gasteiger partial charge in [0.15, 0.2) is 5.11 Å². The van der Waals surface area contributed by atoms with Crippen molar-refractivity contribution in [3.05, 3.63) is 71.9 Å². The highest BCUT2D eigenvalue weighted by molar-refractivity contribution is 7.80. The molecular formula is C20H20N4O2S. The Balaban J connectivity index is 1.46. The van der Waals surface area contributed by atoms with Crippen LogP contribution < -0.4 is 16.2 Å². The smallest absolute Gasteiger partial charge is 0.258 e. The number of benzene rings is 2. The molecule has 2 amide bonds. The molecule has 1 heterocycles. The number of thiocarbonyl (C=S) groups is 1. The van der Waals surface area contributed by atoms with Crippen molar-refractivity contribution in [3.63, 3.8) is 0 Å². The molecule has 3 rings (SSSR count). The minimum absolute atomic E-state index is 0.0549. The molecule has 0 fully saturated rings. The molecule has 0 bridgehead atoms. The molecule has 138 valence electrons. The van der Waals surface area contributed by atoms with Crippen molar-refractivity contribution >= 4 is 40.0 Å². The average molecular weight is 380 g/mol. The van der Waals surface area contributed by atoms with Crippen molar-refractivity contribution in [1.82, 2.24) is 20.7 Å². The van der Waals surface area contributed by atoms with Crippen molar-refractivity contribution in [2.45, 2.75) is 19.9 Å². The SMILES string of the molecule is Cc1ccccc1CC(=O)NC(=S)NNC(=O)Cn1ccc2ccccc21. The summed E-state index contributed by atoms with van der Waals surface area (Å²) >= 11 is 5.06. The van der Waals surface area contributed by atoms with Gasteiger partial charge in [0, 0.05) is 11.7 Å².